The zero-order chi connectivity index (χ0) is 10.8. The molecule has 0 radical (unpaired) electrons. The fraction of sp³-hybridized carbons (Fsp3) is 0.909. The first-order chi connectivity index (χ1) is 6.42. The molecule has 0 saturated heterocycles. The van der Waals surface area contributed by atoms with Crippen LogP contribution in [0.25, 0.3) is 0 Å². The van der Waals surface area contributed by atoms with Gasteiger partial charge in [0.2, 0.25) is 5.91 Å². The molecule has 14 heavy (non-hydrogen) atoms. The van der Waals surface area contributed by atoms with Gasteiger partial charge in [0, 0.05) is 18.5 Å². The Labute approximate surface area is 86.4 Å². The second-order valence-corrected chi connectivity index (χ2v) is 5.17. The summed E-state index contributed by atoms with van der Waals surface area (Å²) < 4.78 is 0. The highest BCUT2D eigenvalue weighted by Crippen LogP contribution is 2.37. The minimum atomic E-state index is -0.221. The number of nitrogens with one attached hydrogen (secondary N) is 1. The SMILES string of the molecule is CC(CC(N)=O)NC1CCCC1(C)C. The number of amides is 1. The number of carbonyl (C=O) groups is 1. The van der Waals surface area contributed by atoms with Crippen LogP contribution in [-0.2, 0) is 4.79 Å². The van der Waals surface area contributed by atoms with E-state index in [1.807, 2.05) is 6.92 Å². The summed E-state index contributed by atoms with van der Waals surface area (Å²) in [5.41, 5.74) is 5.52. The Hall–Kier alpha value is -0.570. The van der Waals surface area contributed by atoms with Gasteiger partial charge in [-0.3, -0.25) is 4.79 Å². The van der Waals surface area contributed by atoms with E-state index in [2.05, 4.69) is 19.2 Å². The van der Waals surface area contributed by atoms with Crippen molar-refractivity contribution in [1.82, 2.24) is 5.32 Å². The topological polar surface area (TPSA) is 55.1 Å². The molecule has 0 bridgehead atoms. The van der Waals surface area contributed by atoms with Crippen molar-refractivity contribution in [3.8, 4) is 0 Å². The number of primary amides is 1. The minimum absolute atomic E-state index is 0.204. The van der Waals surface area contributed by atoms with E-state index >= 15 is 0 Å². The molecule has 2 atom stereocenters. The maximum Gasteiger partial charge on any atom is 0.218 e. The first-order valence-corrected chi connectivity index (χ1v) is 5.46. The van der Waals surface area contributed by atoms with Crippen molar-refractivity contribution in [2.24, 2.45) is 11.1 Å². The van der Waals surface area contributed by atoms with Crippen molar-refractivity contribution in [2.75, 3.05) is 0 Å². The Morgan fingerprint density at radius 2 is 2.29 bits per heavy atom. The van der Waals surface area contributed by atoms with Crippen LogP contribution in [0.2, 0.25) is 0 Å². The lowest BCUT2D eigenvalue weighted by Gasteiger charge is -2.30. The van der Waals surface area contributed by atoms with Crippen LogP contribution in [0.3, 0.4) is 0 Å². The summed E-state index contributed by atoms with van der Waals surface area (Å²) in [7, 11) is 0. The van der Waals surface area contributed by atoms with E-state index in [1.165, 1.54) is 19.3 Å². The van der Waals surface area contributed by atoms with Gasteiger partial charge in [0.1, 0.15) is 0 Å². The van der Waals surface area contributed by atoms with Crippen molar-refractivity contribution in [3.63, 3.8) is 0 Å². The van der Waals surface area contributed by atoms with E-state index in [9.17, 15) is 4.79 Å². The van der Waals surface area contributed by atoms with E-state index in [0.29, 0.717) is 17.9 Å². The summed E-state index contributed by atoms with van der Waals surface area (Å²) in [4.78, 5) is 10.7. The smallest absolute Gasteiger partial charge is 0.218 e. The lowest BCUT2D eigenvalue weighted by atomic mass is 9.87. The summed E-state index contributed by atoms with van der Waals surface area (Å²) in [5.74, 6) is -0.221. The summed E-state index contributed by atoms with van der Waals surface area (Å²) in [6.45, 7) is 6.60. The number of nitrogens with two attached hydrogens (primary N) is 1. The molecule has 82 valence electrons. The van der Waals surface area contributed by atoms with E-state index < -0.39 is 0 Å². The maximum absolute atomic E-state index is 10.7. The van der Waals surface area contributed by atoms with Crippen molar-refractivity contribution >= 4 is 5.91 Å². The van der Waals surface area contributed by atoms with Crippen molar-refractivity contribution in [3.05, 3.63) is 0 Å². The molecule has 1 rings (SSSR count). The van der Waals surface area contributed by atoms with Crippen LogP contribution < -0.4 is 11.1 Å². The average molecular weight is 198 g/mol. The largest absolute Gasteiger partial charge is 0.370 e. The van der Waals surface area contributed by atoms with Gasteiger partial charge < -0.3 is 11.1 Å². The standard InChI is InChI=1S/C11H22N2O/c1-8(7-10(12)14)13-9-5-4-6-11(9,2)3/h8-9,13H,4-7H2,1-3H3,(H2,12,14). The molecular weight excluding hydrogens is 176 g/mol. The predicted octanol–water partition coefficient (Wildman–Crippen LogP) is 1.42. The first kappa shape index (κ1) is 11.5. The molecule has 1 aliphatic carbocycles. The highest BCUT2D eigenvalue weighted by atomic mass is 16.1. The summed E-state index contributed by atoms with van der Waals surface area (Å²) in [6, 6.07) is 0.742. The van der Waals surface area contributed by atoms with E-state index in [1.54, 1.807) is 0 Å². The molecule has 0 aromatic carbocycles. The van der Waals surface area contributed by atoms with Crippen molar-refractivity contribution in [2.45, 2.75) is 58.5 Å². The summed E-state index contributed by atoms with van der Waals surface area (Å²) in [5, 5.41) is 3.50. The fourth-order valence-corrected chi connectivity index (χ4v) is 2.34. The highest BCUT2D eigenvalue weighted by molar-refractivity contribution is 5.74. The Bertz CT molecular complexity index is 213. The van der Waals surface area contributed by atoms with E-state index in [-0.39, 0.29) is 11.9 Å². The Balaban J connectivity index is 2.40. The quantitative estimate of drug-likeness (QED) is 0.717. The third-order valence-electron chi connectivity index (χ3n) is 3.25. The maximum atomic E-state index is 10.7. The van der Waals surface area contributed by atoms with Gasteiger partial charge in [0.05, 0.1) is 0 Å². The van der Waals surface area contributed by atoms with Gasteiger partial charge in [0.15, 0.2) is 0 Å². The highest BCUT2D eigenvalue weighted by Gasteiger charge is 2.34. The van der Waals surface area contributed by atoms with Crippen LogP contribution in [0.15, 0.2) is 0 Å². The number of hydrogen-bond acceptors (Lipinski definition) is 2. The van der Waals surface area contributed by atoms with Gasteiger partial charge in [0.25, 0.3) is 0 Å². The Morgan fingerprint density at radius 3 is 2.71 bits per heavy atom. The number of rotatable bonds is 4. The van der Waals surface area contributed by atoms with Crippen molar-refractivity contribution < 1.29 is 4.79 Å². The minimum Gasteiger partial charge on any atom is -0.370 e. The molecule has 0 aliphatic heterocycles. The Kier molecular flexibility index (Phi) is 3.53. The molecule has 1 aliphatic rings. The predicted molar refractivity (Wildman–Crippen MR) is 57.8 cm³/mol. The second kappa shape index (κ2) is 4.30. The zero-order valence-electron chi connectivity index (χ0n) is 9.47. The van der Waals surface area contributed by atoms with Gasteiger partial charge in [-0.25, -0.2) is 0 Å². The Morgan fingerprint density at radius 1 is 1.64 bits per heavy atom. The van der Waals surface area contributed by atoms with Crippen LogP contribution in [0, 0.1) is 5.41 Å². The summed E-state index contributed by atoms with van der Waals surface area (Å²) in [6.07, 6.45) is 4.21. The molecule has 0 spiro atoms. The van der Waals surface area contributed by atoms with Gasteiger partial charge in [-0.1, -0.05) is 20.3 Å². The average Bonchev–Trinajstić information content (AvgIpc) is 2.29. The molecule has 0 aromatic heterocycles. The van der Waals surface area contributed by atoms with Crippen LogP contribution >= 0.6 is 0 Å². The lowest BCUT2D eigenvalue weighted by molar-refractivity contribution is -0.118. The van der Waals surface area contributed by atoms with Crippen LogP contribution in [0.5, 0.6) is 0 Å². The third kappa shape index (κ3) is 2.98. The molecule has 3 heteroatoms. The van der Waals surface area contributed by atoms with Gasteiger partial charge in [-0.05, 0) is 25.2 Å². The first-order valence-electron chi connectivity index (χ1n) is 5.46. The molecular formula is C11H22N2O. The molecule has 2 unspecified atom stereocenters. The molecule has 1 saturated carbocycles. The monoisotopic (exact) mass is 198 g/mol. The van der Waals surface area contributed by atoms with Crippen molar-refractivity contribution in [1.29, 1.82) is 0 Å². The molecule has 1 amide bonds. The molecule has 3 N–H and O–H groups in total. The fourth-order valence-electron chi connectivity index (χ4n) is 2.34. The molecule has 0 aromatic rings. The lowest BCUT2D eigenvalue weighted by Crippen LogP contribution is -2.44. The number of hydrogen-bond donors (Lipinski definition) is 2. The normalized spacial score (nSPS) is 27.5. The zero-order valence-corrected chi connectivity index (χ0v) is 9.47. The van der Waals surface area contributed by atoms with Gasteiger partial charge >= 0.3 is 0 Å². The second-order valence-electron chi connectivity index (χ2n) is 5.17. The van der Waals surface area contributed by atoms with E-state index in [0.717, 1.165) is 0 Å². The van der Waals surface area contributed by atoms with Crippen LogP contribution in [-0.4, -0.2) is 18.0 Å². The third-order valence-corrected chi connectivity index (χ3v) is 3.25. The van der Waals surface area contributed by atoms with Gasteiger partial charge in [-0.15, -0.1) is 0 Å². The molecule has 3 nitrogen and oxygen atoms in total. The summed E-state index contributed by atoms with van der Waals surface area (Å²) >= 11 is 0. The van der Waals surface area contributed by atoms with Crippen LogP contribution in [0.1, 0.15) is 46.5 Å². The molecule has 1 fully saturated rings. The molecule has 0 heterocycles. The number of carbonyl (C=O) groups excluding carboxylic acids is 1. The van der Waals surface area contributed by atoms with E-state index in [4.69, 9.17) is 5.73 Å². The van der Waals surface area contributed by atoms with Crippen LogP contribution in [0.4, 0.5) is 0 Å². The van der Waals surface area contributed by atoms with Gasteiger partial charge in [-0.2, -0.15) is 0 Å².